The van der Waals surface area contributed by atoms with Gasteiger partial charge in [0, 0.05) is 11.8 Å². The first kappa shape index (κ1) is 24.3. The zero-order valence-corrected chi connectivity index (χ0v) is 22.5. The number of carbonyl (C=O) groups excluding carboxylic acids is 1. The molecule has 2 N–H and O–H groups in total. The number of aliphatic hydroxyl groups excluding tert-OH is 1. The van der Waals surface area contributed by atoms with Crippen LogP contribution in [0.3, 0.4) is 0 Å². The number of rotatable bonds is 5. The molecule has 3 heteroatoms. The van der Waals surface area contributed by atoms with Crippen LogP contribution in [0.25, 0.3) is 0 Å². The summed E-state index contributed by atoms with van der Waals surface area (Å²) in [7, 11) is 0. The molecule has 0 aromatic heterocycles. The lowest BCUT2D eigenvalue weighted by Gasteiger charge is -2.62. The quantitative estimate of drug-likeness (QED) is 0.491. The van der Waals surface area contributed by atoms with E-state index in [2.05, 4.69) is 34.6 Å². The van der Waals surface area contributed by atoms with Crippen LogP contribution in [0.5, 0.6) is 0 Å². The van der Waals surface area contributed by atoms with Gasteiger partial charge in [0.25, 0.3) is 0 Å². The molecule has 9 atom stereocenters. The van der Waals surface area contributed by atoms with Crippen molar-refractivity contribution in [3.63, 3.8) is 0 Å². The van der Waals surface area contributed by atoms with Crippen LogP contribution in [0.4, 0.5) is 0 Å². The first-order valence-corrected chi connectivity index (χ1v) is 14.1. The Kier molecular flexibility index (Phi) is 5.22. The average Bonchev–Trinajstić information content (AvgIpc) is 3.31. The lowest BCUT2D eigenvalue weighted by atomic mass is 9.42. The van der Waals surface area contributed by atoms with Crippen LogP contribution in [0.15, 0.2) is 0 Å². The third-order valence-electron chi connectivity index (χ3n) is 13.3. The maximum absolute atomic E-state index is 12.8. The minimum atomic E-state index is -1.01. The van der Waals surface area contributed by atoms with E-state index in [-0.39, 0.29) is 5.41 Å². The number of Topliss-reactive ketones (excluding diaryl/α,β-unsaturated/α-hetero) is 1. The average molecular weight is 459 g/mol. The number of fused-ring (bicyclic) bond motifs is 2. The van der Waals surface area contributed by atoms with E-state index in [9.17, 15) is 15.0 Å². The molecule has 188 valence electrons. The third kappa shape index (κ3) is 2.96. The van der Waals surface area contributed by atoms with E-state index < -0.39 is 11.7 Å². The zero-order valence-electron chi connectivity index (χ0n) is 22.5. The Bertz CT molecular complexity index is 825. The van der Waals surface area contributed by atoms with Gasteiger partial charge in [0.15, 0.2) is 0 Å². The van der Waals surface area contributed by atoms with Crippen LogP contribution in [0, 0.1) is 50.7 Å². The molecule has 5 aliphatic carbocycles. The maximum atomic E-state index is 12.8. The molecule has 0 radical (unpaired) electrons. The van der Waals surface area contributed by atoms with Gasteiger partial charge in [-0.25, -0.2) is 0 Å². The van der Waals surface area contributed by atoms with Crippen molar-refractivity contribution in [3.05, 3.63) is 0 Å². The number of aliphatic hydroxyl groups is 2. The maximum Gasteiger partial charge on any atom is 0.138 e. The van der Waals surface area contributed by atoms with Crippen LogP contribution < -0.4 is 0 Å². The van der Waals surface area contributed by atoms with Crippen molar-refractivity contribution in [2.75, 3.05) is 0 Å². The van der Waals surface area contributed by atoms with E-state index in [1.54, 1.807) is 13.8 Å². The molecule has 5 fully saturated rings. The van der Waals surface area contributed by atoms with Gasteiger partial charge in [-0.15, -0.1) is 0 Å². The lowest BCUT2D eigenvalue weighted by molar-refractivity contribution is -0.157. The Morgan fingerprint density at radius 3 is 2.21 bits per heavy atom. The molecule has 5 saturated carbocycles. The third-order valence-corrected chi connectivity index (χ3v) is 13.3. The highest BCUT2D eigenvalue weighted by atomic mass is 16.3. The van der Waals surface area contributed by atoms with Crippen molar-refractivity contribution in [2.24, 2.45) is 50.7 Å². The molecule has 5 aliphatic rings. The fourth-order valence-electron chi connectivity index (χ4n) is 11.1. The van der Waals surface area contributed by atoms with Gasteiger partial charge in [-0.1, -0.05) is 34.6 Å². The van der Waals surface area contributed by atoms with Gasteiger partial charge in [0.05, 0.1) is 11.7 Å². The molecule has 0 aliphatic heterocycles. The fourth-order valence-corrected chi connectivity index (χ4v) is 11.1. The number of hydrogen-bond donors (Lipinski definition) is 2. The van der Waals surface area contributed by atoms with Crippen molar-refractivity contribution in [1.82, 2.24) is 0 Å². The molecule has 0 amide bonds. The predicted octanol–water partition coefficient (Wildman–Crippen LogP) is 6.54. The van der Waals surface area contributed by atoms with E-state index in [0.717, 1.165) is 25.2 Å². The smallest absolute Gasteiger partial charge is 0.138 e. The molecule has 33 heavy (non-hydrogen) atoms. The van der Waals surface area contributed by atoms with E-state index >= 15 is 0 Å². The highest BCUT2D eigenvalue weighted by Gasteiger charge is 2.82. The summed E-state index contributed by atoms with van der Waals surface area (Å²) in [5.74, 6) is 3.25. The second-order valence-electron chi connectivity index (χ2n) is 15.0. The molecule has 0 aromatic rings. The molecule has 0 saturated heterocycles. The first-order valence-electron chi connectivity index (χ1n) is 14.1. The number of carbonyl (C=O) groups is 1. The summed E-state index contributed by atoms with van der Waals surface area (Å²) in [5, 5.41) is 20.6. The lowest BCUT2D eigenvalue weighted by Crippen LogP contribution is -2.57. The molecule has 0 bridgehead atoms. The second kappa shape index (κ2) is 7.09. The SMILES string of the molecule is C[C@H](CC[C@H](O)C(C)(C)O)[C@H]1CC[C@@]2(C)[C@@H]3CC[C@H]4C(C)(C)C(=O)CC[C@@]45C[C@@]35CC[C@]12C. The number of ketones is 1. The summed E-state index contributed by atoms with van der Waals surface area (Å²) in [5.41, 5.74) is 0.606. The summed E-state index contributed by atoms with van der Waals surface area (Å²) >= 11 is 0. The first-order chi connectivity index (χ1) is 15.2. The zero-order chi connectivity index (χ0) is 24.2. The van der Waals surface area contributed by atoms with Crippen molar-refractivity contribution in [2.45, 2.75) is 131 Å². The van der Waals surface area contributed by atoms with Crippen LogP contribution >= 0.6 is 0 Å². The van der Waals surface area contributed by atoms with E-state index in [4.69, 9.17) is 0 Å². The Morgan fingerprint density at radius 1 is 0.909 bits per heavy atom. The van der Waals surface area contributed by atoms with Crippen molar-refractivity contribution in [1.29, 1.82) is 0 Å². The Labute approximate surface area is 202 Å². The topological polar surface area (TPSA) is 57.5 Å². The monoisotopic (exact) mass is 458 g/mol. The summed E-state index contributed by atoms with van der Waals surface area (Å²) in [4.78, 5) is 12.8. The van der Waals surface area contributed by atoms with Crippen LogP contribution in [0.1, 0.15) is 119 Å². The van der Waals surface area contributed by atoms with E-state index in [0.29, 0.717) is 51.6 Å². The fraction of sp³-hybridized carbons (Fsp3) is 0.967. The minimum absolute atomic E-state index is 0.123. The van der Waals surface area contributed by atoms with Crippen LogP contribution in [-0.4, -0.2) is 27.7 Å². The molecular formula is C30H50O3. The summed E-state index contributed by atoms with van der Waals surface area (Å²) in [6, 6.07) is 0. The highest BCUT2D eigenvalue weighted by Crippen LogP contribution is 2.88. The molecule has 0 aromatic carbocycles. The summed E-state index contributed by atoms with van der Waals surface area (Å²) < 4.78 is 0. The summed E-state index contributed by atoms with van der Waals surface area (Å²) in [6.45, 7) is 15.7. The molecule has 0 heterocycles. The normalized spacial score (nSPS) is 50.0. The van der Waals surface area contributed by atoms with Crippen LogP contribution in [0.2, 0.25) is 0 Å². The van der Waals surface area contributed by atoms with Gasteiger partial charge in [-0.3, -0.25) is 4.79 Å². The number of hydrogen-bond acceptors (Lipinski definition) is 3. The Morgan fingerprint density at radius 2 is 1.55 bits per heavy atom. The molecular weight excluding hydrogens is 408 g/mol. The molecule has 0 unspecified atom stereocenters. The van der Waals surface area contributed by atoms with Gasteiger partial charge < -0.3 is 10.2 Å². The highest BCUT2D eigenvalue weighted by molar-refractivity contribution is 5.86. The van der Waals surface area contributed by atoms with Crippen molar-refractivity contribution in [3.8, 4) is 0 Å². The van der Waals surface area contributed by atoms with Gasteiger partial charge in [0.1, 0.15) is 5.78 Å². The largest absolute Gasteiger partial charge is 0.390 e. The van der Waals surface area contributed by atoms with E-state index in [1.165, 1.54) is 44.9 Å². The molecule has 2 spiro atoms. The summed E-state index contributed by atoms with van der Waals surface area (Å²) in [6.07, 6.45) is 12.4. The van der Waals surface area contributed by atoms with Gasteiger partial charge in [-0.05, 0) is 123 Å². The van der Waals surface area contributed by atoms with Crippen molar-refractivity contribution < 1.29 is 15.0 Å². The molecule has 3 nitrogen and oxygen atoms in total. The minimum Gasteiger partial charge on any atom is -0.390 e. The van der Waals surface area contributed by atoms with Crippen LogP contribution in [-0.2, 0) is 4.79 Å². The Hall–Kier alpha value is -0.410. The van der Waals surface area contributed by atoms with Crippen molar-refractivity contribution >= 4 is 5.78 Å². The van der Waals surface area contributed by atoms with Gasteiger partial charge >= 0.3 is 0 Å². The second-order valence-corrected chi connectivity index (χ2v) is 15.0. The van der Waals surface area contributed by atoms with Gasteiger partial charge in [-0.2, -0.15) is 0 Å². The molecule has 5 rings (SSSR count). The predicted molar refractivity (Wildman–Crippen MR) is 133 cm³/mol. The van der Waals surface area contributed by atoms with E-state index in [1.807, 2.05) is 0 Å². The Balaban J connectivity index is 1.37. The van der Waals surface area contributed by atoms with Gasteiger partial charge in [0.2, 0.25) is 0 Å². The standard InChI is InChI=1S/C30H50O3/c1-19(8-11-24(32)26(4,5)33)20-12-14-28(7)22-10-9-21-25(2,3)23(31)13-15-29(21)18-30(22,29)17-16-27(20,28)6/h19-22,24,32-33H,8-18H2,1-7H3/t19-,20-,21+,22+,24+,27-,28+,29-,30+/m1/s1.